The molecule has 5 nitrogen and oxygen atoms in total. The maximum Gasteiger partial charge on any atom is 0.207 e. The van der Waals surface area contributed by atoms with Crippen molar-refractivity contribution in [1.82, 2.24) is 0 Å². The van der Waals surface area contributed by atoms with Gasteiger partial charge >= 0.3 is 0 Å². The summed E-state index contributed by atoms with van der Waals surface area (Å²) in [6.45, 7) is 3.43. The summed E-state index contributed by atoms with van der Waals surface area (Å²) in [6, 6.07) is 17.2. The first-order chi connectivity index (χ1) is 11.4. The highest BCUT2D eigenvalue weighted by atomic mass is 16.5. The van der Waals surface area contributed by atoms with Crippen molar-refractivity contribution in [2.75, 3.05) is 0 Å². The Morgan fingerprint density at radius 2 is 1.54 bits per heavy atom. The molecule has 0 N–H and O–H groups in total. The molecule has 3 aliphatic rings. The van der Waals surface area contributed by atoms with Crippen LogP contribution in [-0.2, 0) is 4.74 Å². The first-order valence-corrected chi connectivity index (χ1v) is 7.52. The van der Waals surface area contributed by atoms with Gasteiger partial charge in [0, 0.05) is 5.92 Å². The highest BCUT2D eigenvalue weighted by Gasteiger charge is 2.75. The van der Waals surface area contributed by atoms with Crippen molar-refractivity contribution in [2.45, 2.75) is 25.6 Å². The molecule has 116 valence electrons. The summed E-state index contributed by atoms with van der Waals surface area (Å²) in [4.78, 5) is 0. The predicted molar refractivity (Wildman–Crippen MR) is 83.2 cm³/mol. The van der Waals surface area contributed by atoms with Crippen molar-refractivity contribution in [2.24, 2.45) is 16.7 Å². The summed E-state index contributed by atoms with van der Waals surface area (Å²) in [5.41, 5.74) is -3.43. The second-order valence-corrected chi connectivity index (χ2v) is 6.43. The monoisotopic (exact) mass is 314 g/mol. The number of nitriles is 4. The minimum Gasteiger partial charge on any atom is -0.360 e. The highest BCUT2D eigenvalue weighted by molar-refractivity contribution is 5.51. The fourth-order valence-corrected chi connectivity index (χ4v) is 4.18. The topological polar surface area (TPSA) is 104 Å². The minimum atomic E-state index is -1.89. The van der Waals surface area contributed by atoms with Gasteiger partial charge in [0.2, 0.25) is 5.41 Å². The number of hydrogen-bond donors (Lipinski definition) is 0. The molecule has 4 rings (SSSR count). The van der Waals surface area contributed by atoms with E-state index >= 15 is 0 Å². The van der Waals surface area contributed by atoms with Gasteiger partial charge in [-0.05, 0) is 19.4 Å². The lowest BCUT2D eigenvalue weighted by molar-refractivity contribution is -0.203. The molecular weight excluding hydrogens is 300 g/mol. The molecule has 1 aromatic rings. The first-order valence-electron chi connectivity index (χ1n) is 7.52. The molecule has 0 aromatic heterocycles. The van der Waals surface area contributed by atoms with Crippen LogP contribution in [-0.4, -0.2) is 5.60 Å². The van der Waals surface area contributed by atoms with Crippen LogP contribution < -0.4 is 0 Å². The van der Waals surface area contributed by atoms with E-state index in [0.29, 0.717) is 0 Å². The zero-order chi connectivity index (χ0) is 17.6. The van der Waals surface area contributed by atoms with Gasteiger partial charge in [0.1, 0.15) is 5.60 Å². The zero-order valence-corrected chi connectivity index (χ0v) is 13.3. The second-order valence-electron chi connectivity index (χ2n) is 6.43. The van der Waals surface area contributed by atoms with Crippen molar-refractivity contribution in [1.29, 1.82) is 21.0 Å². The van der Waals surface area contributed by atoms with Crippen molar-refractivity contribution in [3.05, 3.63) is 47.5 Å². The number of ether oxygens (including phenoxy) is 1. The second kappa shape index (κ2) is 4.94. The van der Waals surface area contributed by atoms with E-state index in [1.165, 1.54) is 0 Å². The molecule has 1 fully saturated rings. The molecule has 1 aromatic carbocycles. The lowest BCUT2D eigenvalue weighted by Gasteiger charge is -2.58. The number of fused-ring (bicyclic) bond motifs is 2. The van der Waals surface area contributed by atoms with Crippen LogP contribution in [0.1, 0.15) is 25.5 Å². The van der Waals surface area contributed by atoms with Gasteiger partial charge in [0.25, 0.3) is 0 Å². The molecule has 3 unspecified atom stereocenters. The van der Waals surface area contributed by atoms with Crippen LogP contribution in [0.5, 0.6) is 0 Å². The van der Waals surface area contributed by atoms with Gasteiger partial charge in [0.05, 0.1) is 30.4 Å². The molecule has 1 aliphatic carbocycles. The van der Waals surface area contributed by atoms with Gasteiger partial charge in [-0.2, -0.15) is 21.0 Å². The fourth-order valence-electron chi connectivity index (χ4n) is 4.18. The lowest BCUT2D eigenvalue weighted by atomic mass is 9.45. The molecule has 2 aliphatic heterocycles. The van der Waals surface area contributed by atoms with Crippen molar-refractivity contribution in [3.63, 3.8) is 0 Å². The van der Waals surface area contributed by atoms with E-state index in [0.717, 1.165) is 11.1 Å². The van der Waals surface area contributed by atoms with Crippen molar-refractivity contribution >= 4 is 0 Å². The summed E-state index contributed by atoms with van der Waals surface area (Å²) in [5, 5.41) is 39.4. The quantitative estimate of drug-likeness (QED) is 0.740. The van der Waals surface area contributed by atoms with E-state index in [-0.39, 0.29) is 0 Å². The Bertz CT molecular complexity index is 863. The third-order valence-electron chi connectivity index (χ3n) is 5.29. The third kappa shape index (κ3) is 1.53. The summed E-state index contributed by atoms with van der Waals surface area (Å²) in [6.07, 6.45) is 1.16. The number of nitrogens with zero attached hydrogens (tertiary/aromatic N) is 4. The molecule has 0 amide bonds. The van der Waals surface area contributed by atoms with Gasteiger partial charge in [0.15, 0.2) is 5.41 Å². The minimum absolute atomic E-state index is 0.560. The average molecular weight is 314 g/mol. The molecule has 1 saturated heterocycles. The molecule has 0 radical (unpaired) electrons. The molecule has 0 spiro atoms. The molecule has 2 bridgehead atoms. The molecule has 3 atom stereocenters. The van der Waals surface area contributed by atoms with Crippen LogP contribution in [0, 0.1) is 62.1 Å². The van der Waals surface area contributed by atoms with E-state index in [1.54, 1.807) is 13.0 Å². The standard InChI is InChI=1S/C19H14N4O/c1-13-8-17(2)19(11-22,12-23)18(9-20,10-21)15(13)16(24-17)14-6-4-3-5-7-14/h3-8,15-16H,1-2H3. The van der Waals surface area contributed by atoms with Crippen LogP contribution in [0.15, 0.2) is 42.0 Å². The number of benzene rings is 1. The van der Waals surface area contributed by atoms with Gasteiger partial charge in [-0.1, -0.05) is 42.0 Å². The van der Waals surface area contributed by atoms with Crippen LogP contribution in [0.2, 0.25) is 0 Å². The Balaban J connectivity index is 2.35. The molecule has 24 heavy (non-hydrogen) atoms. The maximum absolute atomic E-state index is 9.90. The van der Waals surface area contributed by atoms with Crippen LogP contribution >= 0.6 is 0 Å². The molecule has 5 heteroatoms. The molecule has 2 heterocycles. The highest BCUT2D eigenvalue weighted by Crippen LogP contribution is 2.66. The largest absolute Gasteiger partial charge is 0.360 e. The predicted octanol–water partition coefficient (Wildman–Crippen LogP) is 3.16. The Morgan fingerprint density at radius 3 is 2.04 bits per heavy atom. The fraction of sp³-hybridized carbons (Fsp3) is 0.368. The first kappa shape index (κ1) is 15.8. The van der Waals surface area contributed by atoms with Crippen molar-refractivity contribution < 1.29 is 4.74 Å². The van der Waals surface area contributed by atoms with E-state index < -0.39 is 28.5 Å². The summed E-state index contributed by atoms with van der Waals surface area (Å²) in [5.74, 6) is -0.684. The summed E-state index contributed by atoms with van der Waals surface area (Å²) < 4.78 is 6.16. The normalized spacial score (nSPS) is 31.7. The lowest BCUT2D eigenvalue weighted by Crippen LogP contribution is -2.66. The SMILES string of the molecule is CC1=CC2(C)OC(c3ccccc3)C1C(C#N)(C#N)C2(C#N)C#N. The molecular formula is C19H14N4O. The van der Waals surface area contributed by atoms with Gasteiger partial charge in [-0.25, -0.2) is 0 Å². The van der Waals surface area contributed by atoms with Gasteiger partial charge < -0.3 is 4.74 Å². The van der Waals surface area contributed by atoms with Gasteiger partial charge in [-0.3, -0.25) is 0 Å². The van der Waals surface area contributed by atoms with Gasteiger partial charge in [-0.15, -0.1) is 0 Å². The Labute approximate surface area is 140 Å². The average Bonchev–Trinajstić information content (AvgIpc) is 2.60. The zero-order valence-electron chi connectivity index (χ0n) is 13.3. The molecule has 0 saturated carbocycles. The number of hydrogen-bond acceptors (Lipinski definition) is 5. The maximum atomic E-state index is 9.90. The number of rotatable bonds is 1. The van der Waals surface area contributed by atoms with E-state index in [4.69, 9.17) is 4.74 Å². The Morgan fingerprint density at radius 1 is 0.958 bits per heavy atom. The van der Waals surface area contributed by atoms with E-state index in [1.807, 2.05) is 61.5 Å². The van der Waals surface area contributed by atoms with Crippen LogP contribution in [0.4, 0.5) is 0 Å². The Kier molecular flexibility index (Phi) is 3.24. The van der Waals surface area contributed by atoms with E-state index in [2.05, 4.69) is 0 Å². The van der Waals surface area contributed by atoms with Crippen LogP contribution in [0.3, 0.4) is 0 Å². The van der Waals surface area contributed by atoms with Crippen molar-refractivity contribution in [3.8, 4) is 24.3 Å². The third-order valence-corrected chi connectivity index (χ3v) is 5.29. The summed E-state index contributed by atoms with van der Waals surface area (Å²) >= 11 is 0. The Hall–Kier alpha value is -3.12. The van der Waals surface area contributed by atoms with Crippen LogP contribution in [0.25, 0.3) is 0 Å². The van der Waals surface area contributed by atoms with E-state index in [9.17, 15) is 21.0 Å². The summed E-state index contributed by atoms with van der Waals surface area (Å²) in [7, 11) is 0. The smallest absolute Gasteiger partial charge is 0.207 e.